The molecule has 0 aliphatic heterocycles. The number of halogens is 3. The first-order chi connectivity index (χ1) is 14.3. The molecule has 0 aliphatic carbocycles. The Labute approximate surface area is 191 Å². The third-order valence-electron chi connectivity index (χ3n) is 4.48. The van der Waals surface area contributed by atoms with E-state index in [1.807, 2.05) is 19.9 Å². The van der Waals surface area contributed by atoms with Crippen LogP contribution in [-0.2, 0) is 21.9 Å². The summed E-state index contributed by atoms with van der Waals surface area (Å²) in [7, 11) is 0. The summed E-state index contributed by atoms with van der Waals surface area (Å²) in [5.41, 5.74) is 1.73. The maximum Gasteiger partial charge on any atom is 0.242 e. The van der Waals surface area contributed by atoms with Gasteiger partial charge in [-0.15, -0.1) is 11.8 Å². The fourth-order valence-electron chi connectivity index (χ4n) is 2.97. The minimum absolute atomic E-state index is 0.150. The van der Waals surface area contributed by atoms with Gasteiger partial charge in [-0.25, -0.2) is 4.39 Å². The van der Waals surface area contributed by atoms with Gasteiger partial charge in [-0.2, -0.15) is 0 Å². The number of hydrogen-bond acceptors (Lipinski definition) is 3. The molecule has 1 atom stereocenters. The van der Waals surface area contributed by atoms with E-state index in [4.69, 9.17) is 23.2 Å². The van der Waals surface area contributed by atoms with Crippen LogP contribution in [0.15, 0.2) is 42.5 Å². The molecule has 0 fully saturated rings. The lowest BCUT2D eigenvalue weighted by Crippen LogP contribution is -2.49. The highest BCUT2D eigenvalue weighted by molar-refractivity contribution is 7.99. The van der Waals surface area contributed by atoms with E-state index in [0.29, 0.717) is 28.8 Å². The van der Waals surface area contributed by atoms with Crippen molar-refractivity contribution in [3.05, 3.63) is 69.5 Å². The second-order valence-electron chi connectivity index (χ2n) is 6.71. The maximum absolute atomic E-state index is 13.3. The summed E-state index contributed by atoms with van der Waals surface area (Å²) in [4.78, 5) is 27.1. The number of amides is 2. The van der Waals surface area contributed by atoms with Crippen molar-refractivity contribution in [3.8, 4) is 0 Å². The third kappa shape index (κ3) is 7.18. The molecule has 30 heavy (non-hydrogen) atoms. The van der Waals surface area contributed by atoms with Gasteiger partial charge in [-0.3, -0.25) is 9.59 Å². The largest absolute Gasteiger partial charge is 0.355 e. The summed E-state index contributed by atoms with van der Waals surface area (Å²) in [5, 5.41) is 3.75. The molecule has 2 aromatic carbocycles. The predicted molar refractivity (Wildman–Crippen MR) is 122 cm³/mol. The highest BCUT2D eigenvalue weighted by Gasteiger charge is 2.28. The van der Waals surface area contributed by atoms with Crippen LogP contribution in [0.4, 0.5) is 4.39 Å². The van der Waals surface area contributed by atoms with Crippen molar-refractivity contribution in [1.29, 1.82) is 0 Å². The van der Waals surface area contributed by atoms with E-state index in [1.165, 1.54) is 23.9 Å². The van der Waals surface area contributed by atoms with E-state index < -0.39 is 6.04 Å². The molecule has 162 valence electrons. The maximum atomic E-state index is 13.3. The number of likely N-dealkylation sites (N-methyl/N-ethyl adjacent to an activating group) is 1. The monoisotopic (exact) mass is 470 g/mol. The Kier molecular flexibility index (Phi) is 9.95. The standard InChI is InChI=1S/C22H25Cl2FN2O2S/c1-3-20(22(29)26-4-2)27(12-15-5-8-17(25)9-6-15)21(28)14-30-13-16-7-10-18(23)19(24)11-16/h5-11,20H,3-4,12-14H2,1-2H3,(H,26,29)/t20-/m1/s1. The molecule has 0 unspecified atom stereocenters. The normalized spacial score (nSPS) is 11.8. The molecule has 0 heterocycles. The Bertz CT molecular complexity index is 865. The van der Waals surface area contributed by atoms with E-state index >= 15 is 0 Å². The minimum atomic E-state index is -0.590. The number of hydrogen-bond donors (Lipinski definition) is 1. The van der Waals surface area contributed by atoms with E-state index in [9.17, 15) is 14.0 Å². The molecule has 0 saturated carbocycles. The molecular formula is C22H25Cl2FN2O2S. The third-order valence-corrected chi connectivity index (χ3v) is 6.21. The topological polar surface area (TPSA) is 49.4 Å². The van der Waals surface area contributed by atoms with Gasteiger partial charge in [-0.05, 0) is 48.7 Å². The van der Waals surface area contributed by atoms with Gasteiger partial charge in [0, 0.05) is 18.8 Å². The Hall–Kier alpha value is -1.76. The van der Waals surface area contributed by atoms with Crippen molar-refractivity contribution in [2.45, 2.75) is 38.6 Å². The molecule has 0 radical (unpaired) electrons. The lowest BCUT2D eigenvalue weighted by molar-refractivity contribution is -0.139. The van der Waals surface area contributed by atoms with Gasteiger partial charge in [0.25, 0.3) is 0 Å². The number of carbonyl (C=O) groups excluding carboxylic acids is 2. The summed E-state index contributed by atoms with van der Waals surface area (Å²) in [6, 6.07) is 10.7. The molecule has 2 amide bonds. The number of nitrogens with zero attached hydrogens (tertiary/aromatic N) is 1. The van der Waals surface area contributed by atoms with Crippen LogP contribution in [0.5, 0.6) is 0 Å². The van der Waals surface area contributed by atoms with E-state index in [-0.39, 0.29) is 29.9 Å². The van der Waals surface area contributed by atoms with Crippen molar-refractivity contribution in [2.24, 2.45) is 0 Å². The average molecular weight is 471 g/mol. The van der Waals surface area contributed by atoms with Crippen LogP contribution < -0.4 is 5.32 Å². The van der Waals surface area contributed by atoms with Crippen molar-refractivity contribution in [1.82, 2.24) is 10.2 Å². The zero-order chi connectivity index (χ0) is 22.1. The van der Waals surface area contributed by atoms with Crippen LogP contribution >= 0.6 is 35.0 Å². The van der Waals surface area contributed by atoms with Crippen molar-refractivity contribution in [2.75, 3.05) is 12.3 Å². The minimum Gasteiger partial charge on any atom is -0.355 e. The van der Waals surface area contributed by atoms with Gasteiger partial charge in [0.2, 0.25) is 11.8 Å². The lowest BCUT2D eigenvalue weighted by atomic mass is 10.1. The predicted octanol–water partition coefficient (Wildman–Crippen LogP) is 5.31. The number of carbonyl (C=O) groups is 2. The summed E-state index contributed by atoms with van der Waals surface area (Å²) in [6.07, 6.45) is 0.482. The molecule has 2 rings (SSSR count). The molecule has 0 aliphatic rings. The van der Waals surface area contributed by atoms with Gasteiger partial charge < -0.3 is 10.2 Å². The Morgan fingerprint density at radius 1 is 1.07 bits per heavy atom. The van der Waals surface area contributed by atoms with Crippen molar-refractivity contribution in [3.63, 3.8) is 0 Å². The fraction of sp³-hybridized carbons (Fsp3) is 0.364. The Morgan fingerprint density at radius 3 is 2.33 bits per heavy atom. The molecule has 0 aromatic heterocycles. The number of nitrogens with one attached hydrogen (secondary N) is 1. The summed E-state index contributed by atoms with van der Waals surface area (Å²) >= 11 is 13.4. The van der Waals surface area contributed by atoms with Gasteiger partial charge >= 0.3 is 0 Å². The van der Waals surface area contributed by atoms with E-state index in [1.54, 1.807) is 29.2 Å². The van der Waals surface area contributed by atoms with Crippen LogP contribution in [0.2, 0.25) is 10.0 Å². The van der Waals surface area contributed by atoms with Crippen molar-refractivity contribution < 1.29 is 14.0 Å². The molecule has 4 nitrogen and oxygen atoms in total. The van der Waals surface area contributed by atoms with Crippen LogP contribution in [-0.4, -0.2) is 35.1 Å². The first-order valence-corrected chi connectivity index (χ1v) is 11.6. The van der Waals surface area contributed by atoms with Crippen molar-refractivity contribution >= 4 is 46.8 Å². The SMILES string of the molecule is CCNC(=O)[C@@H](CC)N(Cc1ccc(F)cc1)C(=O)CSCc1ccc(Cl)c(Cl)c1. The smallest absolute Gasteiger partial charge is 0.242 e. The van der Waals surface area contributed by atoms with E-state index in [0.717, 1.165) is 11.1 Å². The summed E-state index contributed by atoms with van der Waals surface area (Å²) < 4.78 is 13.3. The molecule has 0 bridgehead atoms. The second kappa shape index (κ2) is 12.2. The van der Waals surface area contributed by atoms with Crippen LogP contribution in [0.3, 0.4) is 0 Å². The van der Waals surface area contributed by atoms with Gasteiger partial charge in [0.1, 0.15) is 11.9 Å². The fourth-order valence-corrected chi connectivity index (χ4v) is 4.15. The molecule has 1 N–H and O–H groups in total. The van der Waals surface area contributed by atoms with Crippen LogP contribution in [0.25, 0.3) is 0 Å². The van der Waals surface area contributed by atoms with Gasteiger partial charge in [0.05, 0.1) is 15.8 Å². The van der Waals surface area contributed by atoms with Crippen LogP contribution in [0, 0.1) is 5.82 Å². The van der Waals surface area contributed by atoms with Gasteiger partial charge in [0.15, 0.2) is 0 Å². The zero-order valence-corrected chi connectivity index (χ0v) is 19.3. The molecule has 0 spiro atoms. The number of rotatable bonds is 10. The highest BCUT2D eigenvalue weighted by Crippen LogP contribution is 2.25. The highest BCUT2D eigenvalue weighted by atomic mass is 35.5. The molecule has 8 heteroatoms. The second-order valence-corrected chi connectivity index (χ2v) is 8.51. The number of thioether (sulfide) groups is 1. The first-order valence-electron chi connectivity index (χ1n) is 9.69. The zero-order valence-electron chi connectivity index (χ0n) is 17.0. The molecular weight excluding hydrogens is 446 g/mol. The molecule has 2 aromatic rings. The number of benzene rings is 2. The average Bonchev–Trinajstić information content (AvgIpc) is 2.72. The van der Waals surface area contributed by atoms with Crippen LogP contribution in [0.1, 0.15) is 31.4 Å². The van der Waals surface area contributed by atoms with E-state index in [2.05, 4.69) is 5.32 Å². The summed E-state index contributed by atoms with van der Waals surface area (Å²) in [6.45, 7) is 4.43. The first kappa shape index (κ1) is 24.5. The summed E-state index contributed by atoms with van der Waals surface area (Å²) in [5.74, 6) is 0.111. The lowest BCUT2D eigenvalue weighted by Gasteiger charge is -2.30. The molecule has 0 saturated heterocycles. The quantitative estimate of drug-likeness (QED) is 0.511. The van der Waals surface area contributed by atoms with Gasteiger partial charge in [-0.1, -0.05) is 48.3 Å². The Balaban J connectivity index is 2.10. The Morgan fingerprint density at radius 2 is 1.73 bits per heavy atom.